The molecule has 1 heterocycles. The number of hydrogen-bond acceptors (Lipinski definition) is 3. The Kier molecular flexibility index (Phi) is 4.09. The molecule has 0 saturated heterocycles. The number of rotatable bonds is 4. The number of allylic oxidation sites excluding steroid dienone is 1. The van der Waals surface area contributed by atoms with Crippen molar-refractivity contribution >= 4 is 16.1 Å². The average molecular weight is 314 g/mol. The summed E-state index contributed by atoms with van der Waals surface area (Å²) in [5, 5.41) is 0. The van der Waals surface area contributed by atoms with Gasteiger partial charge in [-0.15, -0.1) is 0 Å². The van der Waals surface area contributed by atoms with E-state index in [0.717, 1.165) is 17.5 Å². The predicted octanol–water partition coefficient (Wildman–Crippen LogP) is 3.05. The molecule has 0 aliphatic heterocycles. The lowest BCUT2D eigenvalue weighted by Gasteiger charge is -2.20. The third kappa shape index (κ3) is 3.10. The minimum absolute atomic E-state index is 0.286. The number of nitrogens with zero attached hydrogens (tertiary/aromatic N) is 1. The molecule has 0 amide bonds. The molecule has 0 unspecified atom stereocenters. The van der Waals surface area contributed by atoms with Crippen molar-refractivity contribution in [3.63, 3.8) is 0 Å². The van der Waals surface area contributed by atoms with Gasteiger partial charge in [-0.2, -0.15) is 0 Å². The highest BCUT2D eigenvalue weighted by atomic mass is 32.2. The van der Waals surface area contributed by atoms with Crippen LogP contribution in [0.5, 0.6) is 0 Å². The van der Waals surface area contributed by atoms with E-state index in [1.165, 1.54) is 5.56 Å². The van der Waals surface area contributed by atoms with E-state index in [9.17, 15) is 8.42 Å². The molecule has 0 fully saturated rings. The molecule has 0 spiro atoms. The van der Waals surface area contributed by atoms with Gasteiger partial charge in [0.2, 0.25) is 10.0 Å². The highest BCUT2D eigenvalue weighted by Crippen LogP contribution is 2.27. The van der Waals surface area contributed by atoms with Gasteiger partial charge in [-0.1, -0.05) is 24.3 Å². The van der Waals surface area contributed by atoms with Gasteiger partial charge in [0, 0.05) is 18.4 Å². The SMILES string of the molecule is C[C@@H](NS(=O)(=O)C1=Cc2ccccc2CC1)c1ccncc1. The molecule has 1 N–H and O–H groups in total. The first-order valence-corrected chi connectivity index (χ1v) is 8.75. The maximum absolute atomic E-state index is 12.6. The summed E-state index contributed by atoms with van der Waals surface area (Å²) >= 11 is 0. The Morgan fingerprint density at radius 3 is 2.59 bits per heavy atom. The molecule has 1 atom stereocenters. The number of aryl methyl sites for hydroxylation is 1. The summed E-state index contributed by atoms with van der Waals surface area (Å²) in [6.07, 6.45) is 6.40. The van der Waals surface area contributed by atoms with Crippen LogP contribution in [-0.2, 0) is 16.4 Å². The second-order valence-corrected chi connectivity index (χ2v) is 7.20. The third-order valence-electron chi connectivity index (χ3n) is 3.90. The van der Waals surface area contributed by atoms with E-state index in [2.05, 4.69) is 9.71 Å². The minimum atomic E-state index is -3.48. The lowest BCUT2D eigenvalue weighted by molar-refractivity contribution is 0.571. The van der Waals surface area contributed by atoms with Crippen molar-refractivity contribution in [3.05, 3.63) is 70.4 Å². The van der Waals surface area contributed by atoms with Gasteiger partial charge in [0.15, 0.2) is 0 Å². The zero-order valence-electron chi connectivity index (χ0n) is 12.4. The summed E-state index contributed by atoms with van der Waals surface area (Å²) in [5.74, 6) is 0. The number of fused-ring (bicyclic) bond motifs is 1. The van der Waals surface area contributed by atoms with Gasteiger partial charge >= 0.3 is 0 Å². The molecule has 1 aliphatic carbocycles. The first-order valence-electron chi connectivity index (χ1n) is 7.27. The van der Waals surface area contributed by atoms with Gasteiger partial charge in [-0.25, -0.2) is 13.1 Å². The van der Waals surface area contributed by atoms with Crippen molar-refractivity contribution in [1.29, 1.82) is 0 Å². The van der Waals surface area contributed by atoms with E-state index in [0.29, 0.717) is 11.3 Å². The number of nitrogens with one attached hydrogen (secondary N) is 1. The van der Waals surface area contributed by atoms with E-state index < -0.39 is 10.0 Å². The fourth-order valence-corrected chi connectivity index (χ4v) is 4.05. The molecule has 114 valence electrons. The van der Waals surface area contributed by atoms with Gasteiger partial charge in [-0.05, 0) is 54.7 Å². The predicted molar refractivity (Wildman–Crippen MR) is 87.4 cm³/mol. The first kappa shape index (κ1) is 14.9. The minimum Gasteiger partial charge on any atom is -0.265 e. The molecule has 1 aromatic heterocycles. The van der Waals surface area contributed by atoms with Crippen LogP contribution in [0.4, 0.5) is 0 Å². The summed E-state index contributed by atoms with van der Waals surface area (Å²) in [6, 6.07) is 11.3. The maximum atomic E-state index is 12.6. The van der Waals surface area contributed by atoms with E-state index in [1.807, 2.05) is 43.3 Å². The topological polar surface area (TPSA) is 59.1 Å². The van der Waals surface area contributed by atoms with Crippen LogP contribution in [0.15, 0.2) is 53.7 Å². The number of hydrogen-bond donors (Lipinski definition) is 1. The molecule has 3 rings (SSSR count). The van der Waals surface area contributed by atoms with Crippen LogP contribution in [-0.4, -0.2) is 13.4 Å². The molecule has 5 heteroatoms. The summed E-state index contributed by atoms with van der Waals surface area (Å²) < 4.78 is 27.9. The molecule has 22 heavy (non-hydrogen) atoms. The van der Waals surface area contributed by atoms with Crippen molar-refractivity contribution in [2.24, 2.45) is 0 Å². The highest BCUT2D eigenvalue weighted by Gasteiger charge is 2.23. The Labute approximate surface area is 131 Å². The summed E-state index contributed by atoms with van der Waals surface area (Å²) in [7, 11) is -3.48. The maximum Gasteiger partial charge on any atom is 0.237 e. The zero-order valence-corrected chi connectivity index (χ0v) is 13.2. The standard InChI is InChI=1S/C17H18N2O2S/c1-13(14-8-10-18-11-9-14)19-22(20,21)17-7-6-15-4-2-3-5-16(15)12-17/h2-5,8-13,19H,6-7H2,1H3/t13-/m1/s1. The smallest absolute Gasteiger partial charge is 0.237 e. The number of benzene rings is 1. The van der Waals surface area contributed by atoms with Gasteiger partial charge < -0.3 is 0 Å². The van der Waals surface area contributed by atoms with Crippen LogP contribution < -0.4 is 4.72 Å². The highest BCUT2D eigenvalue weighted by molar-refractivity contribution is 7.93. The monoisotopic (exact) mass is 314 g/mol. The Balaban J connectivity index is 1.84. The van der Waals surface area contributed by atoms with Crippen molar-refractivity contribution in [3.8, 4) is 0 Å². The molecule has 2 aromatic rings. The fourth-order valence-electron chi connectivity index (χ4n) is 2.65. The number of aromatic nitrogens is 1. The van der Waals surface area contributed by atoms with E-state index in [1.54, 1.807) is 18.5 Å². The van der Waals surface area contributed by atoms with Crippen molar-refractivity contribution < 1.29 is 8.42 Å². The van der Waals surface area contributed by atoms with Crippen LogP contribution >= 0.6 is 0 Å². The van der Waals surface area contributed by atoms with Crippen LogP contribution in [0.1, 0.15) is 36.1 Å². The molecule has 0 bridgehead atoms. The summed E-state index contributed by atoms with van der Waals surface area (Å²) in [6.45, 7) is 1.84. The van der Waals surface area contributed by atoms with Crippen LogP contribution in [0.3, 0.4) is 0 Å². The normalized spacial score (nSPS) is 15.8. The molecule has 4 nitrogen and oxygen atoms in total. The Morgan fingerprint density at radius 1 is 1.09 bits per heavy atom. The first-order chi connectivity index (χ1) is 10.6. The molecule has 0 radical (unpaired) electrons. The third-order valence-corrected chi connectivity index (χ3v) is 5.57. The lowest BCUT2D eigenvalue weighted by Crippen LogP contribution is -2.28. The molecule has 0 saturated carbocycles. The number of pyridine rings is 1. The number of sulfonamides is 1. The summed E-state index contributed by atoms with van der Waals surface area (Å²) in [4.78, 5) is 4.40. The van der Waals surface area contributed by atoms with E-state index in [-0.39, 0.29) is 6.04 Å². The molecule has 1 aliphatic rings. The van der Waals surface area contributed by atoms with Crippen LogP contribution in [0.25, 0.3) is 6.08 Å². The van der Waals surface area contributed by atoms with Crippen molar-refractivity contribution in [2.75, 3.05) is 0 Å². The van der Waals surface area contributed by atoms with Gasteiger partial charge in [-0.3, -0.25) is 4.98 Å². The molecular weight excluding hydrogens is 296 g/mol. The molecular formula is C17H18N2O2S. The Hall–Kier alpha value is -1.98. The second-order valence-electron chi connectivity index (χ2n) is 5.43. The Bertz CT molecular complexity index is 798. The summed E-state index contributed by atoms with van der Waals surface area (Å²) in [5.41, 5.74) is 3.09. The van der Waals surface area contributed by atoms with Crippen molar-refractivity contribution in [1.82, 2.24) is 9.71 Å². The lowest BCUT2D eigenvalue weighted by atomic mass is 9.98. The van der Waals surface area contributed by atoms with Gasteiger partial charge in [0.05, 0.1) is 4.91 Å². The second kappa shape index (κ2) is 6.02. The quantitative estimate of drug-likeness (QED) is 0.943. The molecule has 1 aromatic carbocycles. The largest absolute Gasteiger partial charge is 0.265 e. The van der Waals surface area contributed by atoms with Gasteiger partial charge in [0.1, 0.15) is 0 Å². The van der Waals surface area contributed by atoms with Crippen LogP contribution in [0, 0.1) is 0 Å². The van der Waals surface area contributed by atoms with Gasteiger partial charge in [0.25, 0.3) is 0 Å². The van der Waals surface area contributed by atoms with Crippen molar-refractivity contribution in [2.45, 2.75) is 25.8 Å². The fraction of sp³-hybridized carbons (Fsp3) is 0.235. The zero-order chi connectivity index (χ0) is 15.6. The Morgan fingerprint density at radius 2 is 1.82 bits per heavy atom. The van der Waals surface area contributed by atoms with E-state index >= 15 is 0 Å². The van der Waals surface area contributed by atoms with E-state index in [4.69, 9.17) is 0 Å². The average Bonchev–Trinajstić information content (AvgIpc) is 2.55. The van der Waals surface area contributed by atoms with Crippen LogP contribution in [0.2, 0.25) is 0 Å².